The molecule has 1 aliphatic heterocycles. The highest BCUT2D eigenvalue weighted by Gasteiger charge is 2.09. The van der Waals surface area contributed by atoms with Gasteiger partial charge in [0.05, 0.1) is 0 Å². The molecule has 0 aliphatic carbocycles. The summed E-state index contributed by atoms with van der Waals surface area (Å²) in [5.41, 5.74) is 0. The van der Waals surface area contributed by atoms with Crippen molar-refractivity contribution in [2.75, 3.05) is 38.2 Å². The Labute approximate surface area is 86.7 Å². The number of thioether (sulfide) groups is 1. The second kappa shape index (κ2) is 8.85. The van der Waals surface area contributed by atoms with Crippen molar-refractivity contribution in [2.24, 2.45) is 5.92 Å². The third-order valence-electron chi connectivity index (χ3n) is 2.13. The maximum atomic E-state index is 7.00. The average molecular weight is 205 g/mol. The van der Waals surface area contributed by atoms with Crippen molar-refractivity contribution in [2.45, 2.75) is 20.3 Å². The van der Waals surface area contributed by atoms with Crippen LogP contribution in [0.1, 0.15) is 20.3 Å². The molecule has 1 rings (SSSR count). The van der Waals surface area contributed by atoms with Crippen LogP contribution in [0.2, 0.25) is 0 Å². The zero-order valence-electron chi connectivity index (χ0n) is 9.12. The lowest BCUT2D eigenvalue weighted by Gasteiger charge is -2.26. The highest BCUT2D eigenvalue weighted by molar-refractivity contribution is 7.99. The van der Waals surface area contributed by atoms with Crippen LogP contribution >= 0.6 is 11.8 Å². The van der Waals surface area contributed by atoms with Crippen molar-refractivity contribution < 1.29 is 5.11 Å². The molecule has 0 radical (unpaired) electrons. The molecule has 0 atom stereocenters. The normalized spacial score (nSPS) is 18.2. The average Bonchev–Trinajstić information content (AvgIpc) is 2.19. The zero-order chi connectivity index (χ0) is 10.1. The first-order chi connectivity index (χ1) is 6.29. The molecule has 0 saturated carbocycles. The first-order valence-corrected chi connectivity index (χ1v) is 6.19. The highest BCUT2D eigenvalue weighted by Crippen LogP contribution is 2.10. The van der Waals surface area contributed by atoms with Gasteiger partial charge in [-0.2, -0.15) is 11.8 Å². The summed E-state index contributed by atoms with van der Waals surface area (Å²) in [6, 6.07) is 0. The smallest absolute Gasteiger partial charge is 0.0319 e. The van der Waals surface area contributed by atoms with Crippen LogP contribution in [0.15, 0.2) is 0 Å². The van der Waals surface area contributed by atoms with Gasteiger partial charge in [-0.15, -0.1) is 0 Å². The van der Waals surface area contributed by atoms with Crippen molar-refractivity contribution in [1.29, 1.82) is 0 Å². The maximum absolute atomic E-state index is 7.00. The minimum atomic E-state index is 0.865. The molecule has 1 N–H and O–H groups in total. The molecule has 0 spiro atoms. The molecule has 0 amide bonds. The van der Waals surface area contributed by atoms with E-state index in [1.807, 2.05) is 0 Å². The standard InChI is InChI=1S/C9H19NS.CH4O/c1-9(2)3-4-10-5-7-11-8-6-10;1-2/h9H,3-8H2,1-2H3;2H,1H3. The summed E-state index contributed by atoms with van der Waals surface area (Å²) in [5, 5.41) is 7.00. The monoisotopic (exact) mass is 205 g/mol. The topological polar surface area (TPSA) is 23.5 Å². The quantitative estimate of drug-likeness (QED) is 0.758. The van der Waals surface area contributed by atoms with Crippen molar-refractivity contribution in [3.8, 4) is 0 Å². The van der Waals surface area contributed by atoms with E-state index in [1.165, 1.54) is 37.6 Å². The number of rotatable bonds is 3. The van der Waals surface area contributed by atoms with Gasteiger partial charge < -0.3 is 10.0 Å². The Morgan fingerprint density at radius 2 is 1.77 bits per heavy atom. The van der Waals surface area contributed by atoms with Crippen LogP contribution in [0, 0.1) is 5.92 Å². The minimum Gasteiger partial charge on any atom is -0.400 e. The fourth-order valence-electron chi connectivity index (χ4n) is 1.27. The van der Waals surface area contributed by atoms with Crippen LogP contribution < -0.4 is 0 Å². The van der Waals surface area contributed by atoms with E-state index in [4.69, 9.17) is 5.11 Å². The number of hydrogen-bond acceptors (Lipinski definition) is 3. The van der Waals surface area contributed by atoms with Crippen molar-refractivity contribution in [3.63, 3.8) is 0 Å². The predicted molar refractivity (Wildman–Crippen MR) is 61.4 cm³/mol. The van der Waals surface area contributed by atoms with Gasteiger partial charge in [-0.25, -0.2) is 0 Å². The van der Waals surface area contributed by atoms with Gasteiger partial charge >= 0.3 is 0 Å². The van der Waals surface area contributed by atoms with Crippen molar-refractivity contribution in [1.82, 2.24) is 4.90 Å². The molecule has 0 bridgehead atoms. The van der Waals surface area contributed by atoms with Crippen LogP contribution in [-0.4, -0.2) is 48.3 Å². The van der Waals surface area contributed by atoms with Crippen LogP contribution in [0.3, 0.4) is 0 Å². The molecule has 0 aromatic carbocycles. The number of hydrogen-bond donors (Lipinski definition) is 1. The lowest BCUT2D eigenvalue weighted by atomic mass is 10.1. The lowest BCUT2D eigenvalue weighted by molar-refractivity contribution is 0.283. The third-order valence-corrected chi connectivity index (χ3v) is 3.07. The van der Waals surface area contributed by atoms with Crippen LogP contribution in [-0.2, 0) is 0 Å². The summed E-state index contributed by atoms with van der Waals surface area (Å²) >= 11 is 2.09. The highest BCUT2D eigenvalue weighted by atomic mass is 32.2. The second-order valence-electron chi connectivity index (χ2n) is 3.64. The summed E-state index contributed by atoms with van der Waals surface area (Å²) in [6.45, 7) is 8.56. The Morgan fingerprint density at radius 1 is 1.23 bits per heavy atom. The van der Waals surface area contributed by atoms with E-state index in [1.54, 1.807) is 0 Å². The van der Waals surface area contributed by atoms with Crippen LogP contribution in [0.4, 0.5) is 0 Å². The number of nitrogens with zero attached hydrogens (tertiary/aromatic N) is 1. The summed E-state index contributed by atoms with van der Waals surface area (Å²) in [4.78, 5) is 2.59. The van der Waals surface area contributed by atoms with E-state index in [0.717, 1.165) is 13.0 Å². The molecule has 2 nitrogen and oxygen atoms in total. The Hall–Kier alpha value is 0.270. The van der Waals surface area contributed by atoms with Crippen molar-refractivity contribution >= 4 is 11.8 Å². The molecule has 0 aromatic heterocycles. The van der Waals surface area contributed by atoms with Crippen LogP contribution in [0.5, 0.6) is 0 Å². The molecule has 13 heavy (non-hydrogen) atoms. The van der Waals surface area contributed by atoms with Gasteiger partial charge in [-0.1, -0.05) is 13.8 Å². The predicted octanol–water partition coefficient (Wildman–Crippen LogP) is 1.69. The molecular weight excluding hydrogens is 182 g/mol. The third kappa shape index (κ3) is 7.35. The molecule has 1 saturated heterocycles. The lowest BCUT2D eigenvalue weighted by Crippen LogP contribution is -2.33. The summed E-state index contributed by atoms with van der Waals surface area (Å²) < 4.78 is 0. The molecule has 1 fully saturated rings. The van der Waals surface area contributed by atoms with E-state index in [-0.39, 0.29) is 0 Å². The fourth-order valence-corrected chi connectivity index (χ4v) is 2.24. The van der Waals surface area contributed by atoms with Gasteiger partial charge in [-0.05, 0) is 18.9 Å². The van der Waals surface area contributed by atoms with Crippen molar-refractivity contribution in [3.05, 3.63) is 0 Å². The van der Waals surface area contributed by atoms with E-state index in [9.17, 15) is 0 Å². The van der Waals surface area contributed by atoms with Gasteiger partial charge in [0.25, 0.3) is 0 Å². The first kappa shape index (κ1) is 13.3. The van der Waals surface area contributed by atoms with Gasteiger partial charge in [0.2, 0.25) is 0 Å². The maximum Gasteiger partial charge on any atom is 0.0319 e. The zero-order valence-corrected chi connectivity index (χ0v) is 9.94. The van der Waals surface area contributed by atoms with E-state index in [0.29, 0.717) is 0 Å². The molecule has 0 aromatic rings. The number of aliphatic hydroxyl groups is 1. The molecule has 0 unspecified atom stereocenters. The molecule has 3 heteroatoms. The molecular formula is C10H23NOS. The van der Waals surface area contributed by atoms with Gasteiger partial charge in [-0.3, -0.25) is 0 Å². The van der Waals surface area contributed by atoms with Crippen LogP contribution in [0.25, 0.3) is 0 Å². The van der Waals surface area contributed by atoms with Gasteiger partial charge in [0.1, 0.15) is 0 Å². The molecule has 1 aliphatic rings. The summed E-state index contributed by atoms with van der Waals surface area (Å²) in [7, 11) is 1.00. The fraction of sp³-hybridized carbons (Fsp3) is 1.00. The van der Waals surface area contributed by atoms with Gasteiger partial charge in [0.15, 0.2) is 0 Å². The Morgan fingerprint density at radius 3 is 2.23 bits per heavy atom. The Balaban J connectivity index is 0.000000671. The molecule has 80 valence electrons. The minimum absolute atomic E-state index is 0.865. The Bertz CT molecular complexity index is 103. The van der Waals surface area contributed by atoms with E-state index >= 15 is 0 Å². The SMILES string of the molecule is CC(C)CCN1CCSCC1.CO. The second-order valence-corrected chi connectivity index (χ2v) is 4.86. The Kier molecular flexibility index (Phi) is 9.03. The summed E-state index contributed by atoms with van der Waals surface area (Å²) in [5.74, 6) is 3.56. The van der Waals surface area contributed by atoms with E-state index < -0.39 is 0 Å². The first-order valence-electron chi connectivity index (χ1n) is 5.04. The van der Waals surface area contributed by atoms with Gasteiger partial charge in [0, 0.05) is 31.7 Å². The number of aliphatic hydroxyl groups excluding tert-OH is 1. The molecule has 1 heterocycles. The largest absolute Gasteiger partial charge is 0.400 e. The van der Waals surface area contributed by atoms with E-state index in [2.05, 4.69) is 30.5 Å². The summed E-state index contributed by atoms with van der Waals surface area (Å²) in [6.07, 6.45) is 1.37.